The van der Waals surface area contributed by atoms with Crippen molar-refractivity contribution in [3.8, 4) is 5.75 Å². The second kappa shape index (κ2) is 8.12. The van der Waals surface area contributed by atoms with Crippen LogP contribution in [-0.2, 0) is 14.3 Å². The quantitative estimate of drug-likeness (QED) is 0.777. The van der Waals surface area contributed by atoms with Gasteiger partial charge in [-0.3, -0.25) is 9.69 Å². The van der Waals surface area contributed by atoms with Crippen LogP contribution in [0.5, 0.6) is 5.75 Å². The Labute approximate surface area is 147 Å². The Morgan fingerprint density at radius 1 is 1.28 bits per heavy atom. The van der Waals surface area contributed by atoms with E-state index < -0.39 is 11.6 Å². The fourth-order valence-electron chi connectivity index (χ4n) is 3.13. The number of hydrogen-bond donors (Lipinski definition) is 0. The Morgan fingerprint density at radius 3 is 2.64 bits per heavy atom. The number of ether oxygens (including phenoxy) is 3. The SMILES string of the molecule is CN(CCOc1ccccc1F)C(=O)CN1CCC2(CC1)OCCO2. The van der Waals surface area contributed by atoms with Crippen LogP contribution in [0.2, 0.25) is 0 Å². The Hall–Kier alpha value is -1.70. The number of likely N-dealkylation sites (N-methyl/N-ethyl adjacent to an activating group) is 1. The van der Waals surface area contributed by atoms with E-state index in [2.05, 4.69) is 4.90 Å². The molecule has 1 spiro atoms. The van der Waals surface area contributed by atoms with E-state index >= 15 is 0 Å². The highest BCUT2D eigenvalue weighted by molar-refractivity contribution is 5.78. The smallest absolute Gasteiger partial charge is 0.236 e. The highest BCUT2D eigenvalue weighted by atomic mass is 19.1. The van der Waals surface area contributed by atoms with Crippen molar-refractivity contribution in [1.29, 1.82) is 0 Å². The number of carbonyl (C=O) groups is 1. The molecule has 0 unspecified atom stereocenters. The van der Waals surface area contributed by atoms with Gasteiger partial charge < -0.3 is 19.1 Å². The third kappa shape index (κ3) is 4.68. The maximum absolute atomic E-state index is 13.5. The van der Waals surface area contributed by atoms with E-state index in [0.717, 1.165) is 25.9 Å². The van der Waals surface area contributed by atoms with Crippen molar-refractivity contribution in [2.75, 3.05) is 53.0 Å². The Balaban J connectivity index is 1.37. The molecule has 0 atom stereocenters. The Morgan fingerprint density at radius 2 is 1.96 bits per heavy atom. The minimum atomic E-state index is -0.418. The van der Waals surface area contributed by atoms with Crippen LogP contribution < -0.4 is 4.74 Å². The van der Waals surface area contributed by atoms with Gasteiger partial charge in [0, 0.05) is 33.0 Å². The zero-order valence-corrected chi connectivity index (χ0v) is 14.6. The summed E-state index contributed by atoms with van der Waals surface area (Å²) in [5.41, 5.74) is 0. The first-order valence-corrected chi connectivity index (χ1v) is 8.70. The van der Waals surface area contributed by atoms with Crippen LogP contribution in [0.1, 0.15) is 12.8 Å². The minimum absolute atomic E-state index is 0.0290. The van der Waals surface area contributed by atoms with E-state index in [4.69, 9.17) is 14.2 Å². The summed E-state index contributed by atoms with van der Waals surface area (Å²) >= 11 is 0. The molecule has 1 aromatic rings. The number of nitrogens with zero attached hydrogens (tertiary/aromatic N) is 2. The average Bonchev–Trinajstić information content (AvgIpc) is 3.07. The molecule has 0 bridgehead atoms. The predicted molar refractivity (Wildman–Crippen MR) is 89.8 cm³/mol. The second-order valence-electron chi connectivity index (χ2n) is 6.48. The van der Waals surface area contributed by atoms with Crippen LogP contribution in [0.4, 0.5) is 4.39 Å². The average molecular weight is 352 g/mol. The van der Waals surface area contributed by atoms with Crippen molar-refractivity contribution in [3.63, 3.8) is 0 Å². The van der Waals surface area contributed by atoms with Gasteiger partial charge in [-0.25, -0.2) is 4.39 Å². The molecule has 0 aliphatic carbocycles. The summed E-state index contributed by atoms with van der Waals surface area (Å²) in [4.78, 5) is 16.1. The first-order chi connectivity index (χ1) is 12.1. The summed E-state index contributed by atoms with van der Waals surface area (Å²) in [7, 11) is 1.74. The van der Waals surface area contributed by atoms with Crippen molar-refractivity contribution in [1.82, 2.24) is 9.80 Å². The first kappa shape index (κ1) is 18.1. The van der Waals surface area contributed by atoms with E-state index in [-0.39, 0.29) is 18.3 Å². The van der Waals surface area contributed by atoms with Gasteiger partial charge >= 0.3 is 0 Å². The highest BCUT2D eigenvalue weighted by Crippen LogP contribution is 2.31. The maximum Gasteiger partial charge on any atom is 0.236 e. The lowest BCUT2D eigenvalue weighted by Gasteiger charge is -2.37. The monoisotopic (exact) mass is 352 g/mol. The van der Waals surface area contributed by atoms with E-state index in [1.54, 1.807) is 30.1 Å². The molecule has 1 amide bonds. The van der Waals surface area contributed by atoms with Crippen molar-refractivity contribution < 1.29 is 23.4 Å². The second-order valence-corrected chi connectivity index (χ2v) is 6.48. The van der Waals surface area contributed by atoms with Crippen LogP contribution in [0.3, 0.4) is 0 Å². The first-order valence-electron chi connectivity index (χ1n) is 8.70. The zero-order chi connectivity index (χ0) is 17.7. The van der Waals surface area contributed by atoms with Crippen LogP contribution in [0.15, 0.2) is 24.3 Å². The van der Waals surface area contributed by atoms with Gasteiger partial charge in [-0.1, -0.05) is 12.1 Å². The van der Waals surface area contributed by atoms with Crippen molar-refractivity contribution in [2.45, 2.75) is 18.6 Å². The molecule has 6 nitrogen and oxygen atoms in total. The van der Waals surface area contributed by atoms with Gasteiger partial charge in [-0.15, -0.1) is 0 Å². The van der Waals surface area contributed by atoms with E-state index in [1.165, 1.54) is 6.07 Å². The number of halogens is 1. The number of piperidine rings is 1. The lowest BCUT2D eigenvalue weighted by atomic mass is 10.0. The Bertz CT molecular complexity index is 582. The fraction of sp³-hybridized carbons (Fsp3) is 0.611. The van der Waals surface area contributed by atoms with Gasteiger partial charge in [0.05, 0.1) is 26.3 Å². The normalized spacial score (nSPS) is 19.9. The number of hydrogen-bond acceptors (Lipinski definition) is 5. The molecule has 0 saturated carbocycles. The number of benzene rings is 1. The molecule has 2 aliphatic heterocycles. The summed E-state index contributed by atoms with van der Waals surface area (Å²) in [6, 6.07) is 6.26. The maximum atomic E-state index is 13.5. The third-order valence-corrected chi connectivity index (χ3v) is 4.74. The largest absolute Gasteiger partial charge is 0.489 e. The van der Waals surface area contributed by atoms with Crippen molar-refractivity contribution in [2.24, 2.45) is 0 Å². The topological polar surface area (TPSA) is 51.2 Å². The molecule has 0 aromatic heterocycles. The van der Waals surface area contributed by atoms with Crippen LogP contribution in [0.25, 0.3) is 0 Å². The number of amides is 1. The molecule has 2 saturated heterocycles. The van der Waals surface area contributed by atoms with Gasteiger partial charge in [-0.05, 0) is 12.1 Å². The van der Waals surface area contributed by atoms with Gasteiger partial charge in [-0.2, -0.15) is 0 Å². The molecule has 7 heteroatoms. The molecule has 0 N–H and O–H groups in total. The molecule has 25 heavy (non-hydrogen) atoms. The molecule has 1 aromatic carbocycles. The standard InChI is InChI=1S/C18H25FN2O4/c1-20(10-11-23-16-5-3-2-4-15(16)19)17(22)14-21-8-6-18(7-9-21)24-12-13-25-18/h2-5H,6-14H2,1H3. The molecule has 3 rings (SSSR count). The summed E-state index contributed by atoms with van der Waals surface area (Å²) in [5, 5.41) is 0. The van der Waals surface area contributed by atoms with Crippen LogP contribution in [-0.4, -0.2) is 74.5 Å². The Kier molecular flexibility index (Phi) is 5.88. The van der Waals surface area contributed by atoms with Gasteiger partial charge in [0.25, 0.3) is 0 Å². The van der Waals surface area contributed by atoms with Gasteiger partial charge in [0.15, 0.2) is 17.4 Å². The summed E-state index contributed by atoms with van der Waals surface area (Å²) < 4.78 is 30.3. The van der Waals surface area contributed by atoms with E-state index in [1.807, 2.05) is 0 Å². The molecule has 0 radical (unpaired) electrons. The van der Waals surface area contributed by atoms with Crippen LogP contribution in [0, 0.1) is 5.82 Å². The van der Waals surface area contributed by atoms with Gasteiger partial charge in [0.1, 0.15) is 6.61 Å². The summed E-state index contributed by atoms with van der Waals surface area (Å²) in [5.74, 6) is -0.573. The van der Waals surface area contributed by atoms with E-state index in [0.29, 0.717) is 26.3 Å². The summed E-state index contributed by atoms with van der Waals surface area (Å²) in [6.45, 7) is 3.92. The molecular formula is C18H25FN2O4. The molecule has 2 fully saturated rings. The number of rotatable bonds is 6. The predicted octanol–water partition coefficient (Wildman–Crippen LogP) is 1.50. The lowest BCUT2D eigenvalue weighted by Crippen LogP contribution is -2.48. The molecule has 138 valence electrons. The fourth-order valence-corrected chi connectivity index (χ4v) is 3.13. The zero-order valence-electron chi connectivity index (χ0n) is 14.6. The number of likely N-dealkylation sites (tertiary alicyclic amines) is 1. The molecular weight excluding hydrogens is 327 g/mol. The third-order valence-electron chi connectivity index (χ3n) is 4.74. The summed E-state index contributed by atoms with van der Waals surface area (Å²) in [6.07, 6.45) is 1.58. The van der Waals surface area contributed by atoms with Gasteiger partial charge in [0.2, 0.25) is 5.91 Å². The minimum Gasteiger partial charge on any atom is -0.489 e. The molecule has 2 aliphatic rings. The van der Waals surface area contributed by atoms with Crippen molar-refractivity contribution in [3.05, 3.63) is 30.1 Å². The van der Waals surface area contributed by atoms with E-state index in [9.17, 15) is 9.18 Å². The highest BCUT2D eigenvalue weighted by Gasteiger charge is 2.40. The number of carbonyl (C=O) groups excluding carboxylic acids is 1. The van der Waals surface area contributed by atoms with Crippen molar-refractivity contribution >= 4 is 5.91 Å². The molecule has 2 heterocycles. The number of para-hydroxylation sites is 1. The van der Waals surface area contributed by atoms with Crippen LogP contribution >= 0.6 is 0 Å². The lowest BCUT2D eigenvalue weighted by molar-refractivity contribution is -0.186.